The van der Waals surface area contributed by atoms with Gasteiger partial charge in [-0.05, 0) is 25.7 Å². The second kappa shape index (κ2) is 5.60. The Kier molecular flexibility index (Phi) is 4.69. The van der Waals surface area contributed by atoms with Crippen LogP contribution in [-0.4, -0.2) is 32.1 Å². The predicted molar refractivity (Wildman–Crippen MR) is 59.1 cm³/mol. The summed E-state index contributed by atoms with van der Waals surface area (Å²) in [5.74, 6) is -1.26. The molecule has 7 heteroatoms. The van der Waals surface area contributed by atoms with Crippen molar-refractivity contribution < 1.29 is 18.3 Å². The first-order valence-corrected chi connectivity index (χ1v) is 6.92. The molecule has 0 radical (unpaired) electrons. The molecule has 0 saturated heterocycles. The number of nitrogens with one attached hydrogen (secondary N) is 2. The number of carboxylic acid groups (broad SMARTS) is 1. The van der Waals surface area contributed by atoms with Crippen LogP contribution in [0.2, 0.25) is 0 Å². The molecular weight excluding hydrogens is 232 g/mol. The van der Waals surface area contributed by atoms with Gasteiger partial charge in [0.1, 0.15) is 0 Å². The van der Waals surface area contributed by atoms with E-state index in [2.05, 4.69) is 9.44 Å². The molecule has 0 spiro atoms. The molecule has 1 fully saturated rings. The van der Waals surface area contributed by atoms with E-state index in [-0.39, 0.29) is 6.04 Å². The third kappa shape index (κ3) is 4.07. The average Bonchev–Trinajstić information content (AvgIpc) is 2.62. The fourth-order valence-corrected chi connectivity index (χ4v) is 3.02. The number of carbonyl (C=O) groups is 1. The highest BCUT2D eigenvalue weighted by Gasteiger charge is 2.31. The van der Waals surface area contributed by atoms with Crippen LogP contribution in [0.25, 0.3) is 0 Å². The summed E-state index contributed by atoms with van der Waals surface area (Å²) in [7, 11) is -3.47. The standard InChI is InChI=1S/C9H18N2O4S/c1-2-5-10-16(14,15)11-8-4-3-7(6-8)9(12)13/h7-8,10-11H,2-6H2,1H3,(H,12,13)/t7-,8+/m1/s1. The summed E-state index contributed by atoms with van der Waals surface area (Å²) < 4.78 is 27.8. The van der Waals surface area contributed by atoms with Gasteiger partial charge >= 0.3 is 5.97 Å². The summed E-state index contributed by atoms with van der Waals surface area (Å²) in [4.78, 5) is 10.7. The SMILES string of the molecule is CCCNS(=O)(=O)N[C@H]1CC[C@@H](C(=O)O)C1. The number of aliphatic carboxylic acids is 1. The van der Waals surface area contributed by atoms with Crippen LogP contribution in [0.3, 0.4) is 0 Å². The molecule has 94 valence electrons. The van der Waals surface area contributed by atoms with E-state index in [0.717, 1.165) is 6.42 Å². The molecule has 0 aromatic heterocycles. The van der Waals surface area contributed by atoms with E-state index < -0.39 is 22.1 Å². The second-order valence-electron chi connectivity index (χ2n) is 4.06. The van der Waals surface area contributed by atoms with Crippen molar-refractivity contribution >= 4 is 16.2 Å². The van der Waals surface area contributed by atoms with Crippen LogP contribution in [-0.2, 0) is 15.0 Å². The zero-order valence-electron chi connectivity index (χ0n) is 9.27. The maximum Gasteiger partial charge on any atom is 0.306 e. The van der Waals surface area contributed by atoms with E-state index in [9.17, 15) is 13.2 Å². The smallest absolute Gasteiger partial charge is 0.306 e. The lowest BCUT2D eigenvalue weighted by Gasteiger charge is -2.13. The van der Waals surface area contributed by atoms with Crippen molar-refractivity contribution in [2.45, 2.75) is 38.6 Å². The van der Waals surface area contributed by atoms with Crippen LogP contribution in [0.5, 0.6) is 0 Å². The van der Waals surface area contributed by atoms with Crippen LogP contribution < -0.4 is 9.44 Å². The van der Waals surface area contributed by atoms with Gasteiger partial charge in [0.05, 0.1) is 5.92 Å². The van der Waals surface area contributed by atoms with E-state index in [1.54, 1.807) is 0 Å². The Bertz CT molecular complexity index is 341. The highest BCUT2D eigenvalue weighted by atomic mass is 32.2. The van der Waals surface area contributed by atoms with Crippen molar-refractivity contribution in [3.8, 4) is 0 Å². The third-order valence-electron chi connectivity index (χ3n) is 2.65. The number of carboxylic acids is 1. The fourth-order valence-electron chi connectivity index (χ4n) is 1.81. The molecule has 1 aliphatic rings. The molecule has 1 rings (SSSR count). The summed E-state index contributed by atoms with van der Waals surface area (Å²) in [6, 6.07) is -0.254. The lowest BCUT2D eigenvalue weighted by Crippen LogP contribution is -2.42. The minimum absolute atomic E-state index is 0.254. The Hall–Kier alpha value is -0.660. The zero-order valence-corrected chi connectivity index (χ0v) is 10.1. The van der Waals surface area contributed by atoms with E-state index in [4.69, 9.17) is 5.11 Å². The number of hydrogen-bond acceptors (Lipinski definition) is 3. The first-order valence-electron chi connectivity index (χ1n) is 5.44. The molecule has 0 aromatic rings. The molecule has 3 N–H and O–H groups in total. The van der Waals surface area contributed by atoms with Crippen molar-refractivity contribution in [2.75, 3.05) is 6.54 Å². The minimum atomic E-state index is -3.47. The lowest BCUT2D eigenvalue weighted by molar-refractivity contribution is -0.141. The third-order valence-corrected chi connectivity index (χ3v) is 3.87. The Morgan fingerprint density at radius 3 is 2.62 bits per heavy atom. The van der Waals surface area contributed by atoms with Crippen molar-refractivity contribution in [1.29, 1.82) is 0 Å². The Labute approximate surface area is 95.6 Å². The van der Waals surface area contributed by atoms with Crippen LogP contribution in [0.1, 0.15) is 32.6 Å². The van der Waals surface area contributed by atoms with Gasteiger partial charge in [-0.3, -0.25) is 4.79 Å². The Balaban J connectivity index is 2.41. The first-order chi connectivity index (χ1) is 7.44. The van der Waals surface area contributed by atoms with E-state index >= 15 is 0 Å². The summed E-state index contributed by atoms with van der Waals surface area (Å²) in [6.07, 6.45) is 2.23. The fraction of sp³-hybridized carbons (Fsp3) is 0.889. The topological polar surface area (TPSA) is 95.5 Å². The predicted octanol–water partition coefficient (Wildman–Crippen LogP) is 0.0737. The number of hydrogen-bond donors (Lipinski definition) is 3. The van der Waals surface area contributed by atoms with Gasteiger partial charge in [-0.25, -0.2) is 4.72 Å². The van der Waals surface area contributed by atoms with Crippen molar-refractivity contribution in [3.63, 3.8) is 0 Å². The van der Waals surface area contributed by atoms with Crippen molar-refractivity contribution in [3.05, 3.63) is 0 Å². The van der Waals surface area contributed by atoms with Gasteiger partial charge in [0.2, 0.25) is 0 Å². The molecule has 16 heavy (non-hydrogen) atoms. The number of rotatable bonds is 6. The van der Waals surface area contributed by atoms with Gasteiger partial charge in [0.15, 0.2) is 0 Å². The maximum absolute atomic E-state index is 11.5. The minimum Gasteiger partial charge on any atom is -0.481 e. The molecule has 2 atom stereocenters. The van der Waals surface area contributed by atoms with Crippen LogP contribution in [0, 0.1) is 5.92 Å². The lowest BCUT2D eigenvalue weighted by atomic mass is 10.1. The molecule has 1 saturated carbocycles. The van der Waals surface area contributed by atoms with E-state index in [1.165, 1.54) is 0 Å². The first kappa shape index (κ1) is 13.4. The molecule has 6 nitrogen and oxygen atoms in total. The van der Waals surface area contributed by atoms with E-state index in [0.29, 0.717) is 25.8 Å². The van der Waals surface area contributed by atoms with Gasteiger partial charge in [0, 0.05) is 12.6 Å². The van der Waals surface area contributed by atoms with Gasteiger partial charge in [-0.15, -0.1) is 0 Å². The second-order valence-corrected chi connectivity index (χ2v) is 5.59. The van der Waals surface area contributed by atoms with Crippen LogP contribution in [0.4, 0.5) is 0 Å². The molecule has 0 unspecified atom stereocenters. The summed E-state index contributed by atoms with van der Waals surface area (Å²) >= 11 is 0. The summed E-state index contributed by atoms with van der Waals surface area (Å²) in [5.41, 5.74) is 0. The van der Waals surface area contributed by atoms with Crippen molar-refractivity contribution in [1.82, 2.24) is 9.44 Å². The molecule has 0 aliphatic heterocycles. The molecule has 0 heterocycles. The Morgan fingerprint density at radius 2 is 2.12 bits per heavy atom. The quantitative estimate of drug-likeness (QED) is 0.622. The van der Waals surface area contributed by atoms with Crippen LogP contribution >= 0.6 is 0 Å². The molecule has 0 amide bonds. The molecule has 0 aromatic carbocycles. The van der Waals surface area contributed by atoms with Gasteiger partial charge in [0.25, 0.3) is 10.2 Å². The van der Waals surface area contributed by atoms with Gasteiger partial charge < -0.3 is 5.11 Å². The zero-order chi connectivity index (χ0) is 12.2. The van der Waals surface area contributed by atoms with Crippen molar-refractivity contribution in [2.24, 2.45) is 5.92 Å². The van der Waals surface area contributed by atoms with E-state index in [1.807, 2.05) is 6.92 Å². The normalized spacial score (nSPS) is 25.8. The summed E-state index contributed by atoms with van der Waals surface area (Å²) in [6.45, 7) is 2.27. The highest BCUT2D eigenvalue weighted by molar-refractivity contribution is 7.87. The monoisotopic (exact) mass is 250 g/mol. The largest absolute Gasteiger partial charge is 0.481 e. The van der Waals surface area contributed by atoms with Crippen LogP contribution in [0.15, 0.2) is 0 Å². The molecule has 1 aliphatic carbocycles. The summed E-state index contributed by atoms with van der Waals surface area (Å²) in [5, 5.41) is 8.78. The van der Waals surface area contributed by atoms with Gasteiger partial charge in [-0.1, -0.05) is 6.92 Å². The van der Waals surface area contributed by atoms with Gasteiger partial charge in [-0.2, -0.15) is 13.1 Å². The highest BCUT2D eigenvalue weighted by Crippen LogP contribution is 2.25. The average molecular weight is 250 g/mol. The Morgan fingerprint density at radius 1 is 1.44 bits per heavy atom. The maximum atomic E-state index is 11.5. The molecular formula is C9H18N2O4S. The molecule has 0 bridgehead atoms.